The molecule has 2 aromatic rings. The topological polar surface area (TPSA) is 51.2 Å². The average Bonchev–Trinajstić information content (AvgIpc) is 3.12. The predicted molar refractivity (Wildman–Crippen MR) is 104 cm³/mol. The van der Waals surface area contributed by atoms with E-state index in [0.29, 0.717) is 11.6 Å². The molecule has 1 aliphatic carbocycles. The summed E-state index contributed by atoms with van der Waals surface area (Å²) in [4.78, 5) is 17.7. The molecule has 1 saturated carbocycles. The van der Waals surface area contributed by atoms with Gasteiger partial charge in [0.1, 0.15) is 5.75 Å². The number of hydrogen-bond acceptors (Lipinski definition) is 3. The number of carbonyl (C=O) groups is 1. The molecule has 0 bridgehead atoms. The zero-order chi connectivity index (χ0) is 18.7. The highest BCUT2D eigenvalue weighted by molar-refractivity contribution is 6.30. The fourth-order valence-corrected chi connectivity index (χ4v) is 4.18. The molecule has 3 rings (SSSR count). The first-order chi connectivity index (χ1) is 12.5. The van der Waals surface area contributed by atoms with Crippen molar-refractivity contribution in [3.63, 3.8) is 0 Å². The third kappa shape index (κ3) is 3.43. The van der Waals surface area contributed by atoms with Crippen LogP contribution in [-0.4, -0.2) is 18.0 Å². The minimum absolute atomic E-state index is 0.0537. The summed E-state index contributed by atoms with van der Waals surface area (Å²) in [7, 11) is 1.66. The number of pyridine rings is 1. The molecule has 1 fully saturated rings. The number of halogens is 1. The van der Waals surface area contributed by atoms with E-state index in [1.54, 1.807) is 13.3 Å². The van der Waals surface area contributed by atoms with E-state index in [1.807, 2.05) is 38.1 Å². The van der Waals surface area contributed by atoms with Crippen molar-refractivity contribution in [2.45, 2.75) is 51.5 Å². The van der Waals surface area contributed by atoms with Crippen molar-refractivity contribution in [2.24, 2.45) is 0 Å². The number of hydrogen-bond donors (Lipinski definition) is 1. The molecule has 0 atom stereocenters. The van der Waals surface area contributed by atoms with Crippen LogP contribution >= 0.6 is 11.6 Å². The molecule has 1 amide bonds. The molecule has 1 N–H and O–H groups in total. The van der Waals surface area contributed by atoms with Gasteiger partial charge in [-0.15, -0.1) is 0 Å². The monoisotopic (exact) mass is 372 g/mol. The lowest BCUT2D eigenvalue weighted by molar-refractivity contribution is -0.126. The Balaban J connectivity index is 1.82. The van der Waals surface area contributed by atoms with Gasteiger partial charge in [0.25, 0.3) is 0 Å². The van der Waals surface area contributed by atoms with Crippen molar-refractivity contribution in [3.05, 3.63) is 57.9 Å². The fourth-order valence-electron chi connectivity index (χ4n) is 3.99. The van der Waals surface area contributed by atoms with Crippen LogP contribution in [0.5, 0.6) is 5.75 Å². The highest BCUT2D eigenvalue weighted by atomic mass is 35.5. The third-order valence-corrected chi connectivity index (χ3v) is 5.67. The first-order valence-corrected chi connectivity index (χ1v) is 9.39. The number of amides is 1. The highest BCUT2D eigenvalue weighted by Gasteiger charge is 2.42. The molecule has 0 saturated heterocycles. The van der Waals surface area contributed by atoms with Crippen LogP contribution in [0.15, 0.2) is 30.5 Å². The molecule has 0 spiro atoms. The molecule has 5 heteroatoms. The SMILES string of the molecule is COc1c(C)cnc(CNC(=O)C2(c3cccc(Cl)c3)CCCC2)c1C. The Labute approximate surface area is 159 Å². The molecule has 1 aliphatic rings. The number of nitrogens with zero attached hydrogens (tertiary/aromatic N) is 1. The first kappa shape index (κ1) is 18.7. The number of benzene rings is 1. The molecule has 0 unspecified atom stereocenters. The minimum Gasteiger partial charge on any atom is -0.496 e. The summed E-state index contributed by atoms with van der Waals surface area (Å²) < 4.78 is 5.46. The van der Waals surface area contributed by atoms with E-state index in [2.05, 4.69) is 10.3 Å². The summed E-state index contributed by atoms with van der Waals surface area (Å²) in [5.41, 5.74) is 3.31. The van der Waals surface area contributed by atoms with Crippen molar-refractivity contribution in [1.29, 1.82) is 0 Å². The van der Waals surface area contributed by atoms with Crippen LogP contribution in [0, 0.1) is 13.8 Å². The Morgan fingerprint density at radius 2 is 2.04 bits per heavy atom. The van der Waals surface area contributed by atoms with Gasteiger partial charge >= 0.3 is 0 Å². The molecule has 1 aromatic heterocycles. The maximum Gasteiger partial charge on any atom is 0.230 e. The van der Waals surface area contributed by atoms with E-state index >= 15 is 0 Å². The van der Waals surface area contributed by atoms with Crippen LogP contribution in [0.2, 0.25) is 5.02 Å². The molecule has 1 aromatic carbocycles. The number of ether oxygens (including phenoxy) is 1. The minimum atomic E-state index is -0.492. The van der Waals surface area contributed by atoms with Gasteiger partial charge in [0.15, 0.2) is 0 Å². The second-order valence-electron chi connectivity index (χ2n) is 7.03. The summed E-state index contributed by atoms with van der Waals surface area (Å²) in [5, 5.41) is 3.78. The quantitative estimate of drug-likeness (QED) is 0.841. The maximum absolute atomic E-state index is 13.2. The number of aryl methyl sites for hydroxylation is 1. The molecule has 4 nitrogen and oxygen atoms in total. The largest absolute Gasteiger partial charge is 0.496 e. The van der Waals surface area contributed by atoms with E-state index in [0.717, 1.165) is 53.8 Å². The lowest BCUT2D eigenvalue weighted by atomic mass is 9.78. The van der Waals surface area contributed by atoms with E-state index in [-0.39, 0.29) is 5.91 Å². The zero-order valence-electron chi connectivity index (χ0n) is 15.6. The molecular formula is C21H25ClN2O2. The van der Waals surface area contributed by atoms with Gasteiger partial charge in [-0.3, -0.25) is 9.78 Å². The van der Waals surface area contributed by atoms with Crippen molar-refractivity contribution in [2.75, 3.05) is 7.11 Å². The van der Waals surface area contributed by atoms with E-state index in [9.17, 15) is 4.79 Å². The summed E-state index contributed by atoms with van der Waals surface area (Å²) in [6.07, 6.45) is 5.59. The van der Waals surface area contributed by atoms with Gasteiger partial charge in [-0.25, -0.2) is 0 Å². The fraction of sp³-hybridized carbons (Fsp3) is 0.429. The smallest absolute Gasteiger partial charge is 0.230 e. The third-order valence-electron chi connectivity index (χ3n) is 5.44. The lowest BCUT2D eigenvalue weighted by Crippen LogP contribution is -2.42. The molecule has 138 valence electrons. The van der Waals surface area contributed by atoms with Crippen LogP contribution < -0.4 is 10.1 Å². The van der Waals surface area contributed by atoms with Gasteiger partial charge < -0.3 is 10.1 Å². The van der Waals surface area contributed by atoms with Crippen molar-refractivity contribution < 1.29 is 9.53 Å². The first-order valence-electron chi connectivity index (χ1n) is 9.01. The second kappa shape index (κ2) is 7.67. The molecule has 0 radical (unpaired) electrons. The normalized spacial score (nSPS) is 15.7. The Bertz CT molecular complexity index is 814. The Morgan fingerprint density at radius 1 is 1.31 bits per heavy atom. The molecular weight excluding hydrogens is 348 g/mol. The standard InChI is InChI=1S/C21H25ClN2O2/c1-14-12-23-18(15(2)19(14)26-3)13-24-20(25)21(9-4-5-10-21)16-7-6-8-17(22)11-16/h6-8,11-12H,4-5,9-10,13H2,1-3H3,(H,24,25). The van der Waals surface area contributed by atoms with E-state index in [4.69, 9.17) is 16.3 Å². The Morgan fingerprint density at radius 3 is 2.69 bits per heavy atom. The highest BCUT2D eigenvalue weighted by Crippen LogP contribution is 2.42. The summed E-state index contributed by atoms with van der Waals surface area (Å²) in [6.45, 7) is 4.33. The van der Waals surface area contributed by atoms with Crippen molar-refractivity contribution in [3.8, 4) is 5.75 Å². The average molecular weight is 373 g/mol. The summed E-state index contributed by atoms with van der Waals surface area (Å²) in [5.74, 6) is 0.882. The molecule has 0 aliphatic heterocycles. The van der Waals surface area contributed by atoms with Crippen LogP contribution in [-0.2, 0) is 16.8 Å². The number of methoxy groups -OCH3 is 1. The van der Waals surface area contributed by atoms with Gasteiger partial charge in [-0.2, -0.15) is 0 Å². The van der Waals surface area contributed by atoms with Crippen LogP contribution in [0.4, 0.5) is 0 Å². The van der Waals surface area contributed by atoms with Crippen molar-refractivity contribution >= 4 is 17.5 Å². The number of nitrogens with one attached hydrogen (secondary N) is 1. The zero-order valence-corrected chi connectivity index (χ0v) is 16.3. The lowest BCUT2D eigenvalue weighted by Gasteiger charge is -2.28. The molecule has 26 heavy (non-hydrogen) atoms. The number of carbonyl (C=O) groups excluding carboxylic acids is 1. The van der Waals surface area contributed by atoms with Gasteiger partial charge in [0.05, 0.1) is 24.8 Å². The van der Waals surface area contributed by atoms with Gasteiger partial charge in [-0.1, -0.05) is 36.6 Å². The molecule has 1 heterocycles. The van der Waals surface area contributed by atoms with Crippen LogP contribution in [0.3, 0.4) is 0 Å². The Hall–Kier alpha value is -2.07. The maximum atomic E-state index is 13.2. The van der Waals surface area contributed by atoms with Gasteiger partial charge in [0.2, 0.25) is 5.91 Å². The van der Waals surface area contributed by atoms with Gasteiger partial charge in [0, 0.05) is 22.3 Å². The van der Waals surface area contributed by atoms with Crippen LogP contribution in [0.25, 0.3) is 0 Å². The van der Waals surface area contributed by atoms with E-state index in [1.165, 1.54) is 0 Å². The number of rotatable bonds is 5. The second-order valence-corrected chi connectivity index (χ2v) is 7.46. The summed E-state index contributed by atoms with van der Waals surface area (Å²) in [6, 6.07) is 7.69. The van der Waals surface area contributed by atoms with E-state index < -0.39 is 5.41 Å². The summed E-state index contributed by atoms with van der Waals surface area (Å²) >= 11 is 6.18. The predicted octanol–water partition coefficient (Wildman–Crippen LogP) is 4.49. The van der Waals surface area contributed by atoms with Crippen molar-refractivity contribution in [1.82, 2.24) is 10.3 Å². The number of aromatic nitrogens is 1. The van der Waals surface area contributed by atoms with Crippen LogP contribution in [0.1, 0.15) is 48.1 Å². The van der Waals surface area contributed by atoms with Gasteiger partial charge in [-0.05, 0) is 44.4 Å². The Kier molecular flexibility index (Phi) is 5.52.